The van der Waals surface area contributed by atoms with Gasteiger partial charge in [0.25, 0.3) is 0 Å². The van der Waals surface area contributed by atoms with E-state index >= 15 is 0 Å². The lowest BCUT2D eigenvalue weighted by Crippen LogP contribution is -2.43. The van der Waals surface area contributed by atoms with Crippen molar-refractivity contribution in [3.8, 4) is 11.1 Å². The first kappa shape index (κ1) is 22.3. The van der Waals surface area contributed by atoms with Crippen LogP contribution in [-0.2, 0) is 20.7 Å². The number of carboxylic acids is 1. The summed E-state index contributed by atoms with van der Waals surface area (Å²) in [5, 5.41) is 10.5. The Hall–Kier alpha value is -2.86. The van der Waals surface area contributed by atoms with E-state index < -0.39 is 23.9 Å². The highest BCUT2D eigenvalue weighted by atomic mass is 35.5. The zero-order chi connectivity index (χ0) is 22.8. The average molecular weight is 470 g/mol. The van der Waals surface area contributed by atoms with Crippen LogP contribution in [0.15, 0.2) is 66.7 Å². The molecule has 4 rings (SSSR count). The Morgan fingerprint density at radius 1 is 0.969 bits per heavy atom. The van der Waals surface area contributed by atoms with Crippen LogP contribution in [0.5, 0.6) is 0 Å². The number of carbonyl (C=O) groups excluding carboxylic acids is 1. The van der Waals surface area contributed by atoms with Gasteiger partial charge in [0.1, 0.15) is 6.61 Å². The predicted molar refractivity (Wildman–Crippen MR) is 124 cm³/mol. The van der Waals surface area contributed by atoms with Crippen LogP contribution in [0.1, 0.15) is 22.6 Å². The number of rotatable bonds is 7. The van der Waals surface area contributed by atoms with Crippen LogP contribution in [0.4, 0.5) is 0 Å². The maximum atomic E-state index is 12.8. The van der Waals surface area contributed by atoms with Crippen molar-refractivity contribution in [3.05, 3.63) is 93.5 Å². The minimum atomic E-state index is -1.52. The third-order valence-electron chi connectivity index (χ3n) is 5.77. The molecule has 0 radical (unpaired) electrons. The standard InChI is InChI=1S/C25H21Cl2NO4/c26-15-10-9-14(21(27)12-15)11-22(28)23(24(29)30)25(31)32-13-20-18-7-3-1-5-16(18)17-6-2-4-8-19(17)20/h1-10,12,20,22-23H,11,13,28H2,(H,29,30)/t22?,23-/m1/s1. The van der Waals surface area contributed by atoms with Crippen LogP contribution in [0, 0.1) is 5.92 Å². The van der Waals surface area contributed by atoms with E-state index in [0.29, 0.717) is 15.6 Å². The van der Waals surface area contributed by atoms with Gasteiger partial charge in [-0.15, -0.1) is 0 Å². The Bertz CT molecular complexity index is 1130. The molecule has 0 amide bonds. The molecule has 0 aliphatic heterocycles. The first-order valence-corrected chi connectivity index (χ1v) is 10.9. The summed E-state index contributed by atoms with van der Waals surface area (Å²) < 4.78 is 5.52. The average Bonchev–Trinajstić information content (AvgIpc) is 3.08. The van der Waals surface area contributed by atoms with E-state index in [0.717, 1.165) is 22.3 Å². The van der Waals surface area contributed by atoms with E-state index in [1.807, 2.05) is 48.5 Å². The second-order valence-electron chi connectivity index (χ2n) is 7.78. The molecule has 0 aromatic heterocycles. The monoisotopic (exact) mass is 469 g/mol. The smallest absolute Gasteiger partial charge is 0.321 e. The molecule has 0 saturated heterocycles. The second kappa shape index (κ2) is 9.33. The number of fused-ring (bicyclic) bond motifs is 3. The number of nitrogens with two attached hydrogens (primary N) is 1. The zero-order valence-electron chi connectivity index (χ0n) is 17.0. The van der Waals surface area contributed by atoms with E-state index in [4.69, 9.17) is 33.7 Å². The molecule has 0 spiro atoms. The van der Waals surface area contributed by atoms with Gasteiger partial charge in [-0.3, -0.25) is 9.59 Å². The summed E-state index contributed by atoms with van der Waals surface area (Å²) in [7, 11) is 0. The van der Waals surface area contributed by atoms with Crippen molar-refractivity contribution in [1.82, 2.24) is 0 Å². The molecule has 0 saturated carbocycles. The fraction of sp³-hybridized carbons (Fsp3) is 0.200. The lowest BCUT2D eigenvalue weighted by atomic mass is 9.94. The molecule has 1 aliphatic rings. The molecule has 0 bridgehead atoms. The van der Waals surface area contributed by atoms with Crippen molar-refractivity contribution in [2.24, 2.45) is 11.7 Å². The van der Waals surface area contributed by atoms with Crippen LogP contribution in [0.25, 0.3) is 11.1 Å². The largest absolute Gasteiger partial charge is 0.481 e. The van der Waals surface area contributed by atoms with Crippen LogP contribution in [0.2, 0.25) is 10.0 Å². The Labute approximate surface area is 195 Å². The van der Waals surface area contributed by atoms with Gasteiger partial charge in [0.15, 0.2) is 5.92 Å². The fourth-order valence-electron chi connectivity index (χ4n) is 4.21. The zero-order valence-corrected chi connectivity index (χ0v) is 18.5. The van der Waals surface area contributed by atoms with Gasteiger partial charge in [-0.2, -0.15) is 0 Å². The molecule has 1 aliphatic carbocycles. The number of carbonyl (C=O) groups is 2. The first-order chi connectivity index (χ1) is 15.4. The number of benzene rings is 3. The summed E-state index contributed by atoms with van der Waals surface area (Å²) in [5.74, 6) is -3.88. The SMILES string of the molecule is NC(Cc1ccc(Cl)cc1Cl)[C@H](C(=O)O)C(=O)OCC1c2ccccc2-c2ccccc21. The number of halogens is 2. The lowest BCUT2D eigenvalue weighted by molar-refractivity contribution is -0.159. The third-order valence-corrected chi connectivity index (χ3v) is 6.36. The van der Waals surface area contributed by atoms with Gasteiger partial charge in [0, 0.05) is 22.0 Å². The van der Waals surface area contributed by atoms with Crippen LogP contribution < -0.4 is 5.73 Å². The van der Waals surface area contributed by atoms with E-state index in [9.17, 15) is 14.7 Å². The summed E-state index contributed by atoms with van der Waals surface area (Å²) in [6, 6.07) is 19.7. The maximum absolute atomic E-state index is 12.8. The molecule has 164 valence electrons. The molecule has 0 fully saturated rings. The van der Waals surface area contributed by atoms with Crippen molar-refractivity contribution >= 4 is 35.1 Å². The minimum absolute atomic E-state index is 0.0328. The molecule has 3 N–H and O–H groups in total. The van der Waals surface area contributed by atoms with Gasteiger partial charge in [-0.1, -0.05) is 77.8 Å². The normalized spacial score (nSPS) is 14.3. The number of hydrogen-bond donors (Lipinski definition) is 2. The molecule has 3 aromatic rings. The van der Waals surface area contributed by atoms with Gasteiger partial charge in [-0.25, -0.2) is 0 Å². The van der Waals surface area contributed by atoms with Gasteiger partial charge < -0.3 is 15.6 Å². The molecule has 5 nitrogen and oxygen atoms in total. The highest BCUT2D eigenvalue weighted by Crippen LogP contribution is 2.44. The number of carboxylic acid groups (broad SMARTS) is 1. The molecular weight excluding hydrogens is 449 g/mol. The van der Waals surface area contributed by atoms with Crippen molar-refractivity contribution in [3.63, 3.8) is 0 Å². The quantitative estimate of drug-likeness (QED) is 0.378. The Kier molecular flexibility index (Phi) is 6.51. The molecule has 3 aromatic carbocycles. The van der Waals surface area contributed by atoms with E-state index in [1.54, 1.807) is 18.2 Å². The van der Waals surface area contributed by atoms with Crippen molar-refractivity contribution < 1.29 is 19.4 Å². The van der Waals surface area contributed by atoms with Crippen molar-refractivity contribution in [2.75, 3.05) is 6.61 Å². The van der Waals surface area contributed by atoms with Crippen LogP contribution in [0.3, 0.4) is 0 Å². The highest BCUT2D eigenvalue weighted by Gasteiger charge is 2.36. The number of esters is 1. The first-order valence-electron chi connectivity index (χ1n) is 10.1. The lowest BCUT2D eigenvalue weighted by Gasteiger charge is -2.21. The third kappa shape index (κ3) is 4.37. The van der Waals surface area contributed by atoms with E-state index in [2.05, 4.69) is 0 Å². The van der Waals surface area contributed by atoms with E-state index in [1.165, 1.54) is 0 Å². The van der Waals surface area contributed by atoms with Crippen molar-refractivity contribution in [2.45, 2.75) is 18.4 Å². The topological polar surface area (TPSA) is 89.6 Å². The number of hydrogen-bond acceptors (Lipinski definition) is 4. The maximum Gasteiger partial charge on any atom is 0.321 e. The van der Waals surface area contributed by atoms with Gasteiger partial charge in [-0.05, 0) is 46.4 Å². The molecular formula is C25H21Cl2NO4. The predicted octanol–water partition coefficient (Wildman–Crippen LogP) is 4.92. The summed E-state index contributed by atoms with van der Waals surface area (Å²) in [5.41, 5.74) is 11.0. The highest BCUT2D eigenvalue weighted by molar-refractivity contribution is 6.35. The Balaban J connectivity index is 1.50. The number of aliphatic carboxylic acids is 1. The molecule has 2 atom stereocenters. The number of ether oxygens (including phenoxy) is 1. The second-order valence-corrected chi connectivity index (χ2v) is 8.62. The molecule has 0 heterocycles. The van der Waals surface area contributed by atoms with Gasteiger partial charge >= 0.3 is 11.9 Å². The summed E-state index contributed by atoms with van der Waals surface area (Å²) in [4.78, 5) is 24.7. The van der Waals surface area contributed by atoms with Crippen molar-refractivity contribution in [1.29, 1.82) is 0 Å². The Morgan fingerprint density at radius 3 is 2.12 bits per heavy atom. The minimum Gasteiger partial charge on any atom is -0.481 e. The fourth-order valence-corrected chi connectivity index (χ4v) is 4.70. The van der Waals surface area contributed by atoms with E-state index in [-0.39, 0.29) is 18.9 Å². The molecule has 7 heteroatoms. The van der Waals surface area contributed by atoms with Crippen LogP contribution >= 0.6 is 23.2 Å². The van der Waals surface area contributed by atoms with Crippen LogP contribution in [-0.4, -0.2) is 29.7 Å². The van der Waals surface area contributed by atoms with Gasteiger partial charge in [0.2, 0.25) is 0 Å². The summed E-state index contributed by atoms with van der Waals surface area (Å²) in [6.45, 7) is 0.0328. The summed E-state index contributed by atoms with van der Waals surface area (Å²) >= 11 is 12.1. The molecule has 1 unspecified atom stereocenters. The Morgan fingerprint density at radius 2 is 1.56 bits per heavy atom. The molecule has 32 heavy (non-hydrogen) atoms. The van der Waals surface area contributed by atoms with Gasteiger partial charge in [0.05, 0.1) is 0 Å². The summed E-state index contributed by atoms with van der Waals surface area (Å²) in [6.07, 6.45) is 0.0944.